The normalized spacial score (nSPS) is 22.1. The number of hydrogen-bond donors (Lipinski definition) is 1. The number of hydrogen-bond acceptors (Lipinski definition) is 3. The molecule has 21 heavy (non-hydrogen) atoms. The van der Waals surface area contributed by atoms with Crippen LogP contribution in [-0.2, 0) is 16.0 Å². The third-order valence-electron chi connectivity index (χ3n) is 4.02. The monoisotopic (exact) mass is 290 g/mol. The molecule has 2 rings (SSSR count). The highest BCUT2D eigenvalue weighted by Gasteiger charge is 2.41. The van der Waals surface area contributed by atoms with Gasteiger partial charge in [0.1, 0.15) is 11.3 Å². The molecule has 0 spiro atoms. The van der Waals surface area contributed by atoms with E-state index in [1.165, 1.54) is 0 Å². The van der Waals surface area contributed by atoms with Crippen LogP contribution in [0.15, 0.2) is 24.3 Å². The molecule has 114 valence electrons. The Morgan fingerprint density at radius 1 is 1.38 bits per heavy atom. The molecule has 0 aromatic heterocycles. The number of amides is 2. The molecule has 2 amide bonds. The van der Waals surface area contributed by atoms with Crippen molar-refractivity contribution in [2.75, 3.05) is 20.2 Å². The first-order valence-electron chi connectivity index (χ1n) is 7.22. The third-order valence-corrected chi connectivity index (χ3v) is 4.02. The summed E-state index contributed by atoms with van der Waals surface area (Å²) in [4.78, 5) is 25.9. The molecule has 0 saturated carbocycles. The molecule has 1 N–H and O–H groups in total. The molecule has 0 radical (unpaired) electrons. The van der Waals surface area contributed by atoms with Gasteiger partial charge in [0.25, 0.3) is 0 Å². The number of ether oxygens (including phenoxy) is 1. The van der Waals surface area contributed by atoms with Crippen LogP contribution in [-0.4, -0.2) is 42.5 Å². The van der Waals surface area contributed by atoms with E-state index >= 15 is 0 Å². The first-order chi connectivity index (χ1) is 9.98. The minimum atomic E-state index is -0.774. The summed E-state index contributed by atoms with van der Waals surface area (Å²) in [6.45, 7) is 4.36. The molecule has 5 nitrogen and oxygen atoms in total. The fraction of sp³-hybridized carbons (Fsp3) is 0.500. The van der Waals surface area contributed by atoms with E-state index < -0.39 is 5.54 Å². The lowest BCUT2D eigenvalue weighted by Gasteiger charge is -2.39. The number of carbonyl (C=O) groups is 2. The summed E-state index contributed by atoms with van der Waals surface area (Å²) in [6.07, 6.45) is 1.29. The Balaban J connectivity index is 2.04. The lowest BCUT2D eigenvalue weighted by atomic mass is 9.94. The smallest absolute Gasteiger partial charge is 0.248 e. The molecular weight excluding hydrogens is 268 g/mol. The van der Waals surface area contributed by atoms with E-state index in [0.717, 1.165) is 11.3 Å². The van der Waals surface area contributed by atoms with E-state index in [2.05, 4.69) is 5.32 Å². The molecule has 1 atom stereocenters. The summed E-state index contributed by atoms with van der Waals surface area (Å²) in [6, 6.07) is 7.76. The second-order valence-corrected chi connectivity index (χ2v) is 5.56. The van der Waals surface area contributed by atoms with Crippen molar-refractivity contribution in [3.8, 4) is 5.75 Å². The Hall–Kier alpha value is -2.04. The Bertz CT molecular complexity index is 544. The molecule has 5 heteroatoms. The number of nitrogens with one attached hydrogen (secondary N) is 1. The van der Waals surface area contributed by atoms with Crippen molar-refractivity contribution in [1.29, 1.82) is 0 Å². The Morgan fingerprint density at radius 3 is 2.81 bits per heavy atom. The number of methoxy groups -OCH3 is 1. The second kappa shape index (κ2) is 6.16. The molecule has 1 aliphatic rings. The predicted molar refractivity (Wildman–Crippen MR) is 80.1 cm³/mol. The van der Waals surface area contributed by atoms with Gasteiger partial charge in [-0.15, -0.1) is 0 Å². The zero-order valence-electron chi connectivity index (χ0n) is 12.8. The highest BCUT2D eigenvalue weighted by molar-refractivity contribution is 5.97. The summed E-state index contributed by atoms with van der Waals surface area (Å²) in [7, 11) is 1.63. The average molecular weight is 290 g/mol. The fourth-order valence-corrected chi connectivity index (χ4v) is 2.51. The number of piperazine rings is 1. The highest BCUT2D eigenvalue weighted by atomic mass is 16.5. The largest absolute Gasteiger partial charge is 0.497 e. The number of carbonyl (C=O) groups excluding carboxylic acids is 2. The van der Waals surface area contributed by atoms with Crippen LogP contribution < -0.4 is 10.1 Å². The van der Waals surface area contributed by atoms with Gasteiger partial charge in [0.15, 0.2) is 0 Å². The van der Waals surface area contributed by atoms with Crippen molar-refractivity contribution in [3.63, 3.8) is 0 Å². The summed E-state index contributed by atoms with van der Waals surface area (Å²) < 4.78 is 5.19. The van der Waals surface area contributed by atoms with Crippen molar-refractivity contribution in [2.24, 2.45) is 0 Å². The Kier molecular flexibility index (Phi) is 4.50. The van der Waals surface area contributed by atoms with Crippen LogP contribution in [0.5, 0.6) is 5.75 Å². The minimum absolute atomic E-state index is 0.00695. The van der Waals surface area contributed by atoms with Crippen molar-refractivity contribution in [3.05, 3.63) is 29.8 Å². The lowest BCUT2D eigenvalue weighted by Crippen LogP contribution is -2.65. The lowest BCUT2D eigenvalue weighted by molar-refractivity contribution is -0.149. The van der Waals surface area contributed by atoms with Crippen LogP contribution in [0.4, 0.5) is 0 Å². The zero-order chi connectivity index (χ0) is 15.5. The molecule has 1 unspecified atom stereocenters. The molecule has 0 bridgehead atoms. The van der Waals surface area contributed by atoms with Gasteiger partial charge in [0.05, 0.1) is 13.7 Å². The minimum Gasteiger partial charge on any atom is -0.497 e. The van der Waals surface area contributed by atoms with Gasteiger partial charge < -0.3 is 15.0 Å². The van der Waals surface area contributed by atoms with Gasteiger partial charge in [-0.1, -0.05) is 19.1 Å². The van der Waals surface area contributed by atoms with Crippen molar-refractivity contribution >= 4 is 11.8 Å². The Labute approximate surface area is 125 Å². The van der Waals surface area contributed by atoms with Gasteiger partial charge in [-0.05, 0) is 37.5 Å². The maximum atomic E-state index is 12.5. The predicted octanol–water partition coefficient (Wildman–Crippen LogP) is 1.36. The SMILES string of the molecule is CCC1(C)NC(=O)CN(CCc2cccc(OC)c2)C1=O. The van der Waals surface area contributed by atoms with Gasteiger partial charge in [0.2, 0.25) is 11.8 Å². The van der Waals surface area contributed by atoms with Crippen LogP contribution in [0.3, 0.4) is 0 Å². The molecular formula is C16H22N2O3. The van der Waals surface area contributed by atoms with E-state index in [4.69, 9.17) is 4.74 Å². The van der Waals surface area contributed by atoms with Crippen molar-refractivity contribution in [2.45, 2.75) is 32.2 Å². The van der Waals surface area contributed by atoms with Gasteiger partial charge in [-0.3, -0.25) is 9.59 Å². The third kappa shape index (κ3) is 3.35. The first-order valence-corrected chi connectivity index (χ1v) is 7.22. The summed E-state index contributed by atoms with van der Waals surface area (Å²) in [5.41, 5.74) is 0.315. The average Bonchev–Trinajstić information content (AvgIpc) is 2.49. The quantitative estimate of drug-likeness (QED) is 0.891. The molecule has 0 aliphatic carbocycles. The number of benzene rings is 1. The molecule has 1 aromatic carbocycles. The summed E-state index contributed by atoms with van der Waals surface area (Å²) in [5.74, 6) is 0.700. The van der Waals surface area contributed by atoms with E-state index in [0.29, 0.717) is 19.4 Å². The highest BCUT2D eigenvalue weighted by Crippen LogP contribution is 2.19. The van der Waals surface area contributed by atoms with Gasteiger partial charge >= 0.3 is 0 Å². The Morgan fingerprint density at radius 2 is 2.14 bits per heavy atom. The van der Waals surface area contributed by atoms with E-state index in [1.807, 2.05) is 31.2 Å². The van der Waals surface area contributed by atoms with Crippen LogP contribution in [0.1, 0.15) is 25.8 Å². The molecule has 1 aliphatic heterocycles. The zero-order valence-corrected chi connectivity index (χ0v) is 12.8. The maximum Gasteiger partial charge on any atom is 0.248 e. The van der Waals surface area contributed by atoms with E-state index in [9.17, 15) is 9.59 Å². The van der Waals surface area contributed by atoms with E-state index in [1.54, 1.807) is 18.9 Å². The number of nitrogens with zero attached hydrogens (tertiary/aromatic N) is 1. The van der Waals surface area contributed by atoms with Crippen LogP contribution >= 0.6 is 0 Å². The molecule has 1 fully saturated rings. The van der Waals surface area contributed by atoms with Crippen molar-refractivity contribution < 1.29 is 14.3 Å². The molecule has 1 heterocycles. The van der Waals surface area contributed by atoms with E-state index in [-0.39, 0.29) is 18.4 Å². The fourth-order valence-electron chi connectivity index (χ4n) is 2.51. The topological polar surface area (TPSA) is 58.6 Å². The molecule has 1 saturated heterocycles. The first kappa shape index (κ1) is 15.4. The van der Waals surface area contributed by atoms with Crippen molar-refractivity contribution in [1.82, 2.24) is 10.2 Å². The second-order valence-electron chi connectivity index (χ2n) is 5.56. The summed E-state index contributed by atoms with van der Waals surface area (Å²) in [5, 5.41) is 2.79. The van der Waals surface area contributed by atoms with Gasteiger partial charge in [-0.25, -0.2) is 0 Å². The standard InChI is InChI=1S/C16H22N2O3/c1-4-16(2)15(20)18(11-14(19)17-16)9-8-12-6-5-7-13(10-12)21-3/h5-7,10H,4,8-9,11H2,1-3H3,(H,17,19). The van der Waals surface area contributed by atoms with Gasteiger partial charge in [0, 0.05) is 6.54 Å². The van der Waals surface area contributed by atoms with Crippen LogP contribution in [0.25, 0.3) is 0 Å². The maximum absolute atomic E-state index is 12.5. The molecule has 1 aromatic rings. The van der Waals surface area contributed by atoms with Crippen LogP contribution in [0, 0.1) is 0 Å². The summed E-state index contributed by atoms with van der Waals surface area (Å²) >= 11 is 0. The van der Waals surface area contributed by atoms with Crippen LogP contribution in [0.2, 0.25) is 0 Å². The van der Waals surface area contributed by atoms with Gasteiger partial charge in [-0.2, -0.15) is 0 Å². The number of rotatable bonds is 5.